The third-order valence-electron chi connectivity index (χ3n) is 2.20. The van der Waals surface area contributed by atoms with Crippen LogP contribution in [0, 0.1) is 0 Å². The Hall–Kier alpha value is -0.156. The molecule has 0 aliphatic heterocycles. The van der Waals surface area contributed by atoms with Gasteiger partial charge in [-0.3, -0.25) is 4.79 Å². The van der Waals surface area contributed by atoms with Crippen molar-refractivity contribution in [2.45, 2.75) is 6.04 Å². The van der Waals surface area contributed by atoms with Crippen LogP contribution in [0.5, 0.6) is 0 Å². The van der Waals surface area contributed by atoms with Crippen molar-refractivity contribution in [3.05, 3.63) is 10.4 Å². The largest absolute Gasteiger partial charge is 0.481 e. The average molecular weight is 266 g/mol. The standard InChI is InChI=1S/C3H5N3O2S.B11/c4-6-5-2(1-9)3(7)8;1-7-10(6)11(8(2)3)9(4)5/h2,9H,1H2,(H,7,8);. The van der Waals surface area contributed by atoms with E-state index in [4.69, 9.17) is 57.1 Å². The van der Waals surface area contributed by atoms with Crippen molar-refractivity contribution in [1.82, 2.24) is 0 Å². The van der Waals surface area contributed by atoms with Gasteiger partial charge >= 0.3 is 5.97 Å². The Bertz CT molecular complexity index is 316. The molecular formula is C3H5B11N3O2S. The van der Waals surface area contributed by atoms with Crippen LogP contribution in [0.4, 0.5) is 0 Å². The molecule has 0 aromatic carbocycles. The molecule has 0 saturated heterocycles. The molecule has 83 valence electrons. The topological polar surface area (TPSA) is 86.1 Å². The normalized spacial score (nSPS) is 9.85. The van der Waals surface area contributed by atoms with Crippen LogP contribution in [0.1, 0.15) is 0 Å². The first-order valence-electron chi connectivity index (χ1n) is 5.43. The van der Waals surface area contributed by atoms with Gasteiger partial charge in [0.25, 0.3) is 0 Å². The highest BCUT2D eigenvalue weighted by Gasteiger charge is 2.26. The van der Waals surface area contributed by atoms with Crippen molar-refractivity contribution in [1.29, 1.82) is 0 Å². The third-order valence-corrected chi connectivity index (χ3v) is 2.55. The molecule has 0 saturated carbocycles. The number of hydrogen-bond acceptors (Lipinski definition) is 3. The highest BCUT2D eigenvalue weighted by molar-refractivity contribution is 8.01. The van der Waals surface area contributed by atoms with Crippen LogP contribution in [0.25, 0.3) is 10.4 Å². The van der Waals surface area contributed by atoms with E-state index in [9.17, 15) is 4.79 Å². The second kappa shape index (κ2) is 12.6. The number of carboxylic acids is 1. The fraction of sp³-hybridized carbons (Fsp3) is 0.667. The van der Waals surface area contributed by atoms with E-state index < -0.39 is 31.2 Å². The predicted octanol–water partition coefficient (Wildman–Crippen LogP) is -3.51. The number of carbonyl (C=O) groups is 1. The lowest BCUT2D eigenvalue weighted by Gasteiger charge is -2.25. The smallest absolute Gasteiger partial charge is 0.313 e. The van der Waals surface area contributed by atoms with Crippen LogP contribution in [-0.4, -0.2) is 102 Å². The van der Waals surface area contributed by atoms with Crippen molar-refractivity contribution in [2.24, 2.45) is 5.11 Å². The quantitative estimate of drug-likeness (QED) is 0.165. The van der Waals surface area contributed by atoms with E-state index in [-0.39, 0.29) is 12.1 Å². The van der Waals surface area contributed by atoms with Crippen LogP contribution >= 0.6 is 12.6 Å². The molecule has 0 aliphatic rings. The molecule has 1 N–H and O–H groups in total. The molecule has 1 atom stereocenters. The summed E-state index contributed by atoms with van der Waals surface area (Å²) in [6.45, 7) is 0. The zero-order valence-electron chi connectivity index (χ0n) is 10.8. The van der Waals surface area contributed by atoms with Gasteiger partial charge in [0.05, 0.1) is 0 Å². The summed E-state index contributed by atoms with van der Waals surface area (Å²) in [7, 11) is 33.5. The molecule has 0 fully saturated rings. The molecule has 0 aromatic rings. The molecule has 5 nitrogen and oxygen atoms in total. The Morgan fingerprint density at radius 1 is 1.35 bits per heavy atom. The van der Waals surface area contributed by atoms with Gasteiger partial charge < -0.3 is 5.11 Å². The van der Waals surface area contributed by atoms with Gasteiger partial charge in [-0.05, 0) is 5.53 Å². The first kappa shape index (κ1) is 22.1. The van der Waals surface area contributed by atoms with Crippen molar-refractivity contribution in [3.63, 3.8) is 0 Å². The van der Waals surface area contributed by atoms with Crippen molar-refractivity contribution in [2.75, 3.05) is 5.75 Å². The first-order chi connectivity index (χ1) is 9.22. The van der Waals surface area contributed by atoms with Gasteiger partial charge in [0, 0.05) is 89.7 Å². The summed E-state index contributed by atoms with van der Waals surface area (Å²) in [6.07, 6.45) is -2.15. The van der Waals surface area contributed by atoms with E-state index in [0.717, 1.165) is 0 Å². The highest BCUT2D eigenvalue weighted by Crippen LogP contribution is 1.93. The lowest BCUT2D eigenvalue weighted by molar-refractivity contribution is -0.137. The molecule has 1 unspecified atom stereocenters. The van der Waals surface area contributed by atoms with Crippen LogP contribution < -0.4 is 0 Å². The average Bonchev–Trinajstić information content (AvgIpc) is 2.35. The van der Waals surface area contributed by atoms with Gasteiger partial charge in [0.1, 0.15) is 6.04 Å². The van der Waals surface area contributed by atoms with Gasteiger partial charge in [0.15, 0.2) is 0 Å². The second-order valence-corrected chi connectivity index (χ2v) is 4.11. The Morgan fingerprint density at radius 3 is 1.90 bits per heavy atom. The number of hydrogen-bond donors (Lipinski definition) is 2. The number of nitrogens with zero attached hydrogens (tertiary/aromatic N) is 3. The molecule has 0 rings (SSSR count). The van der Waals surface area contributed by atoms with E-state index in [0.29, 0.717) is 0 Å². The zero-order valence-corrected chi connectivity index (χ0v) is 11.7. The number of azide groups is 1. The monoisotopic (exact) mass is 268 g/mol. The van der Waals surface area contributed by atoms with Crippen molar-refractivity contribution >= 4 is 97.6 Å². The minimum absolute atomic E-state index is 0.0272. The molecule has 0 bridgehead atoms. The van der Waals surface area contributed by atoms with Crippen LogP contribution in [-0.2, 0) is 4.79 Å². The fourth-order valence-electron chi connectivity index (χ4n) is 1.12. The molecule has 0 aliphatic carbocycles. The molecule has 0 aromatic heterocycles. The Kier molecular flexibility index (Phi) is 13.9. The van der Waals surface area contributed by atoms with E-state index in [1.807, 2.05) is 0 Å². The van der Waals surface area contributed by atoms with Crippen molar-refractivity contribution < 1.29 is 9.90 Å². The summed E-state index contributed by atoms with van der Waals surface area (Å²) >= 11 is 3.64. The number of carboxylic acid groups (broad SMARTS) is 1. The Morgan fingerprint density at radius 2 is 1.80 bits per heavy atom. The summed E-state index contributed by atoms with van der Waals surface area (Å²) < 4.78 is 0. The van der Waals surface area contributed by atoms with Gasteiger partial charge in [-0.25, -0.2) is 0 Å². The minimum Gasteiger partial charge on any atom is -0.481 e. The van der Waals surface area contributed by atoms with E-state index >= 15 is 0 Å². The zero-order chi connectivity index (χ0) is 16.3. The molecule has 0 spiro atoms. The summed E-state index contributed by atoms with van der Waals surface area (Å²) in [5, 5.41) is 11.1. The molecule has 20 heavy (non-hydrogen) atoms. The lowest BCUT2D eigenvalue weighted by Crippen LogP contribution is -2.63. The molecule has 17 heteroatoms. The predicted molar refractivity (Wildman–Crippen MR) is 97.7 cm³/mol. The number of aliphatic carboxylic acids is 1. The Labute approximate surface area is 135 Å². The minimum atomic E-state index is -1.15. The van der Waals surface area contributed by atoms with Gasteiger partial charge in [-0.15, -0.1) is 0 Å². The lowest BCUT2D eigenvalue weighted by atomic mass is 8.56. The first-order valence-corrected chi connectivity index (χ1v) is 6.06. The molecule has 13 radical (unpaired) electrons. The highest BCUT2D eigenvalue weighted by atomic mass is 32.1. The molecular weight excluding hydrogens is 261 g/mol. The van der Waals surface area contributed by atoms with Gasteiger partial charge in [0.2, 0.25) is 0 Å². The van der Waals surface area contributed by atoms with Crippen LogP contribution in [0.2, 0.25) is 0 Å². The molecule has 0 amide bonds. The maximum absolute atomic E-state index is 10.0. The summed E-state index contributed by atoms with van der Waals surface area (Å²) in [4.78, 5) is 12.3. The van der Waals surface area contributed by atoms with Gasteiger partial charge in [-0.1, -0.05) is 5.11 Å². The second-order valence-electron chi connectivity index (χ2n) is 3.74. The van der Waals surface area contributed by atoms with Gasteiger partial charge in [-0.2, -0.15) is 12.6 Å². The number of rotatable bonds is 7. The fourth-order valence-corrected chi connectivity index (χ4v) is 1.35. The van der Waals surface area contributed by atoms with Crippen LogP contribution in [0.3, 0.4) is 0 Å². The Balaban J connectivity index is 0. The van der Waals surface area contributed by atoms with E-state index in [1.165, 1.54) is 7.06 Å². The van der Waals surface area contributed by atoms with Crippen molar-refractivity contribution in [3.8, 4) is 0 Å². The summed E-state index contributed by atoms with van der Waals surface area (Å²) in [5.74, 6) is -1.12. The third kappa shape index (κ3) is 9.70. The summed E-state index contributed by atoms with van der Waals surface area (Å²) in [6, 6.07) is -1.04. The number of thiol groups is 1. The maximum Gasteiger partial charge on any atom is 0.313 e. The van der Waals surface area contributed by atoms with E-state index in [2.05, 4.69) is 22.7 Å². The van der Waals surface area contributed by atoms with Crippen LogP contribution in [0.15, 0.2) is 5.11 Å². The molecule has 0 heterocycles. The maximum atomic E-state index is 10.0. The van der Waals surface area contributed by atoms with E-state index in [1.54, 1.807) is 0 Å². The SMILES string of the molecule is [B][B]B([B])B(B([B])[B])B([B])[B].[N-]=[N+]=NC(CS)C(=O)O. The summed E-state index contributed by atoms with van der Waals surface area (Å²) in [5.41, 5.74) is 7.78.